The Hall–Kier alpha value is -2.04. The number of carboxylic acids is 1. The minimum Gasteiger partial charge on any atom is -0.497 e. The summed E-state index contributed by atoms with van der Waals surface area (Å²) >= 11 is 0. The van der Waals surface area contributed by atoms with Gasteiger partial charge in [0.05, 0.1) is 13.0 Å². The normalized spacial score (nSPS) is 12.0. The smallest absolute Gasteiger partial charge is 0.308 e. The minimum atomic E-state index is -0.881. The molecule has 0 bridgehead atoms. The zero-order valence-electron chi connectivity index (χ0n) is 12.1. The van der Waals surface area contributed by atoms with Crippen molar-refractivity contribution in [3.63, 3.8) is 0 Å². The van der Waals surface area contributed by atoms with Crippen molar-refractivity contribution in [3.8, 4) is 5.75 Å². The highest BCUT2D eigenvalue weighted by molar-refractivity contribution is 5.94. The van der Waals surface area contributed by atoms with E-state index in [1.165, 1.54) is 0 Å². The van der Waals surface area contributed by atoms with E-state index < -0.39 is 11.9 Å². The van der Waals surface area contributed by atoms with Crippen LogP contribution in [0.15, 0.2) is 24.3 Å². The van der Waals surface area contributed by atoms with Crippen LogP contribution in [0.25, 0.3) is 0 Å². The monoisotopic (exact) mass is 279 g/mol. The fraction of sp³-hybridized carbons (Fsp3) is 0.467. The first-order chi connectivity index (χ1) is 9.43. The second-order valence-corrected chi connectivity index (χ2v) is 5.10. The molecule has 1 amide bonds. The van der Waals surface area contributed by atoms with Crippen LogP contribution in [0.2, 0.25) is 0 Å². The quantitative estimate of drug-likeness (QED) is 0.802. The van der Waals surface area contributed by atoms with Crippen LogP contribution in [0, 0.1) is 11.8 Å². The summed E-state index contributed by atoms with van der Waals surface area (Å²) in [6, 6.07) is 6.67. The van der Waals surface area contributed by atoms with E-state index in [1.807, 2.05) is 13.8 Å². The molecule has 5 nitrogen and oxygen atoms in total. The van der Waals surface area contributed by atoms with Gasteiger partial charge in [0, 0.05) is 12.1 Å². The first-order valence-corrected chi connectivity index (χ1v) is 6.59. The SMILES string of the molecule is COc1ccc(C(=O)NC[C@@H](CC(C)C)C(=O)O)cc1. The standard InChI is InChI=1S/C15H21NO4/c1-10(2)8-12(15(18)19)9-16-14(17)11-4-6-13(20-3)7-5-11/h4-7,10,12H,8-9H2,1-3H3,(H,16,17)(H,18,19)/t12-/m1/s1. The number of nitrogens with one attached hydrogen (secondary N) is 1. The lowest BCUT2D eigenvalue weighted by atomic mass is 9.97. The van der Waals surface area contributed by atoms with Crippen LogP contribution in [0.4, 0.5) is 0 Å². The summed E-state index contributed by atoms with van der Waals surface area (Å²) in [4.78, 5) is 23.0. The lowest BCUT2D eigenvalue weighted by Crippen LogP contribution is -2.33. The molecule has 20 heavy (non-hydrogen) atoms. The molecule has 0 unspecified atom stereocenters. The van der Waals surface area contributed by atoms with Crippen LogP contribution in [-0.4, -0.2) is 30.6 Å². The van der Waals surface area contributed by atoms with Crippen molar-refractivity contribution in [1.29, 1.82) is 0 Å². The Morgan fingerprint density at radius 1 is 1.25 bits per heavy atom. The number of ether oxygens (including phenoxy) is 1. The molecule has 1 atom stereocenters. The van der Waals surface area contributed by atoms with Gasteiger partial charge in [0.2, 0.25) is 0 Å². The van der Waals surface area contributed by atoms with Crippen LogP contribution >= 0.6 is 0 Å². The van der Waals surface area contributed by atoms with Gasteiger partial charge in [-0.2, -0.15) is 0 Å². The summed E-state index contributed by atoms with van der Waals surface area (Å²) in [7, 11) is 1.55. The molecule has 0 radical (unpaired) electrons. The first-order valence-electron chi connectivity index (χ1n) is 6.59. The van der Waals surface area contributed by atoms with Crippen molar-refractivity contribution in [1.82, 2.24) is 5.32 Å². The molecule has 1 aromatic rings. The molecule has 0 saturated carbocycles. The zero-order chi connectivity index (χ0) is 15.1. The topological polar surface area (TPSA) is 75.6 Å². The molecule has 0 spiro atoms. The summed E-state index contributed by atoms with van der Waals surface area (Å²) in [5.41, 5.74) is 0.486. The van der Waals surface area contributed by atoms with Gasteiger partial charge in [-0.1, -0.05) is 13.8 Å². The van der Waals surface area contributed by atoms with E-state index in [1.54, 1.807) is 31.4 Å². The van der Waals surface area contributed by atoms with Gasteiger partial charge >= 0.3 is 5.97 Å². The molecule has 0 aliphatic rings. The van der Waals surface area contributed by atoms with E-state index in [0.29, 0.717) is 17.7 Å². The number of benzene rings is 1. The highest BCUT2D eigenvalue weighted by Gasteiger charge is 2.19. The predicted molar refractivity (Wildman–Crippen MR) is 75.9 cm³/mol. The van der Waals surface area contributed by atoms with Crippen LogP contribution in [0.1, 0.15) is 30.6 Å². The highest BCUT2D eigenvalue weighted by Crippen LogP contribution is 2.13. The van der Waals surface area contributed by atoms with Crippen molar-refractivity contribution in [3.05, 3.63) is 29.8 Å². The molecule has 1 rings (SSSR count). The third kappa shape index (κ3) is 4.91. The number of aliphatic carboxylic acids is 1. The molecule has 1 aromatic carbocycles. The Bertz CT molecular complexity index is 453. The fourth-order valence-corrected chi connectivity index (χ4v) is 1.90. The van der Waals surface area contributed by atoms with E-state index >= 15 is 0 Å². The summed E-state index contributed by atoms with van der Waals surface area (Å²) in [5, 5.41) is 11.8. The maximum atomic E-state index is 11.9. The first kappa shape index (κ1) is 16.0. The Morgan fingerprint density at radius 3 is 2.30 bits per heavy atom. The Kier molecular flexibility index (Phi) is 6.03. The average molecular weight is 279 g/mol. The third-order valence-corrected chi connectivity index (χ3v) is 2.97. The van der Waals surface area contributed by atoms with E-state index in [0.717, 1.165) is 0 Å². The number of hydrogen-bond donors (Lipinski definition) is 2. The maximum Gasteiger partial charge on any atom is 0.308 e. The lowest BCUT2D eigenvalue weighted by molar-refractivity contribution is -0.142. The molecule has 0 aliphatic heterocycles. The van der Waals surface area contributed by atoms with Crippen LogP contribution in [-0.2, 0) is 4.79 Å². The predicted octanol–water partition coefficient (Wildman–Crippen LogP) is 2.17. The molecule has 0 saturated heterocycles. The van der Waals surface area contributed by atoms with Gasteiger partial charge < -0.3 is 15.2 Å². The third-order valence-electron chi connectivity index (χ3n) is 2.97. The van der Waals surface area contributed by atoms with Gasteiger partial charge in [-0.3, -0.25) is 9.59 Å². The molecule has 2 N–H and O–H groups in total. The highest BCUT2D eigenvalue weighted by atomic mass is 16.5. The average Bonchev–Trinajstić information content (AvgIpc) is 2.42. The van der Waals surface area contributed by atoms with Gasteiger partial charge in [0.15, 0.2) is 0 Å². The van der Waals surface area contributed by atoms with E-state index in [4.69, 9.17) is 9.84 Å². The van der Waals surface area contributed by atoms with E-state index in [9.17, 15) is 9.59 Å². The van der Waals surface area contributed by atoms with Crippen molar-refractivity contribution in [2.24, 2.45) is 11.8 Å². The number of carbonyl (C=O) groups excluding carboxylic acids is 1. The Morgan fingerprint density at radius 2 is 1.85 bits per heavy atom. The second kappa shape index (κ2) is 7.53. The largest absolute Gasteiger partial charge is 0.497 e. The van der Waals surface area contributed by atoms with E-state index in [-0.39, 0.29) is 18.4 Å². The molecule has 0 fully saturated rings. The van der Waals surface area contributed by atoms with Crippen molar-refractivity contribution >= 4 is 11.9 Å². The molecule has 0 aliphatic carbocycles. The number of hydrogen-bond acceptors (Lipinski definition) is 3. The molecule has 0 heterocycles. The maximum absolute atomic E-state index is 11.9. The van der Waals surface area contributed by atoms with Crippen LogP contribution < -0.4 is 10.1 Å². The molecule has 0 aromatic heterocycles. The van der Waals surface area contributed by atoms with Crippen molar-refractivity contribution < 1.29 is 19.4 Å². The molecular formula is C15H21NO4. The van der Waals surface area contributed by atoms with Crippen molar-refractivity contribution in [2.75, 3.05) is 13.7 Å². The lowest BCUT2D eigenvalue weighted by Gasteiger charge is -2.15. The second-order valence-electron chi connectivity index (χ2n) is 5.10. The number of amides is 1. The Balaban J connectivity index is 2.58. The fourth-order valence-electron chi connectivity index (χ4n) is 1.90. The van der Waals surface area contributed by atoms with Gasteiger partial charge in [-0.25, -0.2) is 0 Å². The number of methoxy groups -OCH3 is 1. The Labute approximate surface area is 118 Å². The minimum absolute atomic E-state index is 0.137. The van der Waals surface area contributed by atoms with Crippen LogP contribution in [0.3, 0.4) is 0 Å². The number of carbonyl (C=O) groups is 2. The van der Waals surface area contributed by atoms with Gasteiger partial charge in [0.25, 0.3) is 5.91 Å². The summed E-state index contributed by atoms with van der Waals surface area (Å²) in [6.07, 6.45) is 0.540. The van der Waals surface area contributed by atoms with Gasteiger partial charge in [-0.05, 0) is 36.6 Å². The molecular weight excluding hydrogens is 258 g/mol. The summed E-state index contributed by atoms with van der Waals surface area (Å²) in [6.45, 7) is 4.06. The summed E-state index contributed by atoms with van der Waals surface area (Å²) in [5.74, 6) is -0.771. The van der Waals surface area contributed by atoms with Gasteiger partial charge in [0.1, 0.15) is 5.75 Å². The number of rotatable bonds is 7. The van der Waals surface area contributed by atoms with E-state index in [2.05, 4.69) is 5.32 Å². The molecule has 5 heteroatoms. The van der Waals surface area contributed by atoms with Gasteiger partial charge in [-0.15, -0.1) is 0 Å². The number of carboxylic acid groups (broad SMARTS) is 1. The zero-order valence-corrected chi connectivity index (χ0v) is 12.1. The molecule has 110 valence electrons. The van der Waals surface area contributed by atoms with Crippen LogP contribution in [0.5, 0.6) is 5.75 Å². The van der Waals surface area contributed by atoms with Crippen molar-refractivity contribution in [2.45, 2.75) is 20.3 Å². The summed E-state index contributed by atoms with van der Waals surface area (Å²) < 4.78 is 5.01.